The Balaban J connectivity index is 0.896. The molecule has 2 amide bonds. The predicted octanol–water partition coefficient (Wildman–Crippen LogP) is 8.00. The zero-order valence-electron chi connectivity index (χ0n) is 31.1. The summed E-state index contributed by atoms with van der Waals surface area (Å²) >= 11 is 0. The molecule has 8 rings (SSSR count). The summed E-state index contributed by atoms with van der Waals surface area (Å²) < 4.78 is 23.5. The molecule has 0 bridgehead atoms. The molecule has 0 spiro atoms. The third-order valence-corrected chi connectivity index (χ3v) is 10.3. The number of amides is 2. The first-order valence-electron chi connectivity index (χ1n) is 18.5. The van der Waals surface area contributed by atoms with Gasteiger partial charge in [-0.2, -0.15) is 0 Å². The van der Waals surface area contributed by atoms with Crippen molar-refractivity contribution in [3.05, 3.63) is 119 Å². The molecule has 0 radical (unpaired) electrons. The summed E-state index contributed by atoms with van der Waals surface area (Å²) in [6, 6.07) is 14.2. The summed E-state index contributed by atoms with van der Waals surface area (Å²) in [5.41, 5.74) is 12.8. The second-order valence-electron chi connectivity index (χ2n) is 14.2. The van der Waals surface area contributed by atoms with E-state index in [1.807, 2.05) is 49.1 Å². The molecular weight excluding hydrogens is 695 g/mol. The van der Waals surface area contributed by atoms with E-state index in [1.54, 1.807) is 48.3 Å². The van der Waals surface area contributed by atoms with Gasteiger partial charge in [0, 0.05) is 55.5 Å². The Morgan fingerprint density at radius 3 is 1.98 bits per heavy atom. The maximum Gasteiger partial charge on any atom is 0.260 e. The first-order chi connectivity index (χ1) is 26.8. The van der Waals surface area contributed by atoms with Gasteiger partial charge in [-0.25, -0.2) is 0 Å². The lowest BCUT2D eigenvalue weighted by molar-refractivity contribution is 0.0809. The van der Waals surface area contributed by atoms with Gasteiger partial charge in [0.2, 0.25) is 0 Å². The van der Waals surface area contributed by atoms with E-state index in [2.05, 4.69) is 37.3 Å². The molecule has 5 aliphatic rings. The predicted molar refractivity (Wildman–Crippen MR) is 214 cm³/mol. The Hall–Kier alpha value is -6.36. The number of aliphatic imine (C=N–C) groups is 2. The second-order valence-corrected chi connectivity index (χ2v) is 14.2. The van der Waals surface area contributed by atoms with Crippen LogP contribution in [0.15, 0.2) is 112 Å². The lowest BCUT2D eigenvalue weighted by atomic mass is 9.97. The number of fused-ring (bicyclic) bond motifs is 4. The Morgan fingerprint density at radius 2 is 1.38 bits per heavy atom. The Morgan fingerprint density at radius 1 is 0.782 bits per heavy atom. The maximum atomic E-state index is 13.7. The standard InChI is InChI=1S/C44H43N5O6/c1-27-6-4-7-28(16-27)8-9-29-17-33-23-46-37-21-41(39(52-2)19-35(37)43(50)48(33)25-29)54-14-5-15-55-42-22-38-36(20-40(42)53-3)44(51)49-26-31(18-34(49)24-47-38)30-10-12-32(45)13-11-30/h4,7-13,16,19-27,33-34H,5-6,14-15,17-18,45H2,1-3H3/b9-8+/t27?,33-,34-/m0/s1. The van der Waals surface area contributed by atoms with Gasteiger partial charge >= 0.3 is 0 Å². The largest absolute Gasteiger partial charge is 0.493 e. The molecule has 3 atom stereocenters. The number of hydrogen-bond donors (Lipinski definition) is 1. The number of ether oxygens (including phenoxy) is 4. The van der Waals surface area contributed by atoms with Gasteiger partial charge in [0.05, 0.1) is 62.0 Å². The van der Waals surface area contributed by atoms with Gasteiger partial charge < -0.3 is 34.5 Å². The molecule has 3 aromatic carbocycles. The van der Waals surface area contributed by atoms with Crippen molar-refractivity contribution in [2.75, 3.05) is 33.2 Å². The van der Waals surface area contributed by atoms with Crippen LogP contribution in [0, 0.1) is 5.92 Å². The topological polar surface area (TPSA) is 128 Å². The third kappa shape index (κ3) is 7.29. The van der Waals surface area contributed by atoms with Crippen molar-refractivity contribution in [1.82, 2.24) is 9.80 Å². The summed E-state index contributed by atoms with van der Waals surface area (Å²) in [7, 11) is 3.10. The van der Waals surface area contributed by atoms with E-state index >= 15 is 0 Å². The van der Waals surface area contributed by atoms with E-state index in [-0.39, 0.29) is 23.9 Å². The number of allylic oxidation sites excluding steroid dienone is 6. The highest BCUT2D eigenvalue weighted by Gasteiger charge is 2.34. The van der Waals surface area contributed by atoms with Gasteiger partial charge in [-0.1, -0.05) is 49.4 Å². The van der Waals surface area contributed by atoms with Crippen LogP contribution in [0.2, 0.25) is 0 Å². The molecule has 3 aromatic rings. The average molecular weight is 738 g/mol. The summed E-state index contributed by atoms with van der Waals surface area (Å²) in [5.74, 6) is 2.08. The molecule has 0 fully saturated rings. The average Bonchev–Trinajstić information content (AvgIpc) is 3.76. The van der Waals surface area contributed by atoms with Crippen LogP contribution >= 0.6 is 0 Å². The molecule has 0 aromatic heterocycles. The molecule has 11 nitrogen and oxygen atoms in total. The number of methoxy groups -OCH3 is 2. The van der Waals surface area contributed by atoms with Gasteiger partial charge in [0.15, 0.2) is 23.0 Å². The third-order valence-electron chi connectivity index (χ3n) is 10.3. The fourth-order valence-corrected chi connectivity index (χ4v) is 7.39. The van der Waals surface area contributed by atoms with E-state index in [0.29, 0.717) is 89.6 Å². The number of anilines is 1. The van der Waals surface area contributed by atoms with Crippen LogP contribution in [0.1, 0.15) is 58.9 Å². The lowest BCUT2D eigenvalue weighted by Gasteiger charge is -2.19. The highest BCUT2D eigenvalue weighted by Crippen LogP contribution is 2.41. The van der Waals surface area contributed by atoms with Crippen LogP contribution in [0.4, 0.5) is 17.1 Å². The zero-order chi connectivity index (χ0) is 38.1. The number of hydrogen-bond acceptors (Lipinski definition) is 9. The molecule has 4 heterocycles. The minimum absolute atomic E-state index is 0.134. The Kier molecular flexibility index (Phi) is 9.84. The first kappa shape index (κ1) is 35.7. The molecule has 1 aliphatic carbocycles. The number of carbonyl (C=O) groups excluding carboxylic acids is 2. The van der Waals surface area contributed by atoms with E-state index in [4.69, 9.17) is 34.7 Å². The smallest absolute Gasteiger partial charge is 0.260 e. The summed E-state index contributed by atoms with van der Waals surface area (Å²) in [5, 5.41) is 0. The van der Waals surface area contributed by atoms with Gasteiger partial charge in [-0.3, -0.25) is 19.6 Å². The highest BCUT2D eigenvalue weighted by atomic mass is 16.5. The number of nitrogen functional groups attached to an aromatic ring is 1. The van der Waals surface area contributed by atoms with Crippen LogP contribution in [-0.4, -0.2) is 73.6 Å². The molecule has 55 heavy (non-hydrogen) atoms. The molecule has 4 aliphatic heterocycles. The van der Waals surface area contributed by atoms with Crippen molar-refractivity contribution in [1.29, 1.82) is 0 Å². The minimum Gasteiger partial charge on any atom is -0.493 e. The zero-order valence-corrected chi connectivity index (χ0v) is 31.1. The molecule has 2 N–H and O–H groups in total. The van der Waals surface area contributed by atoms with Crippen LogP contribution in [-0.2, 0) is 0 Å². The summed E-state index contributed by atoms with van der Waals surface area (Å²) in [6.07, 6.45) is 21.2. The number of nitrogens with two attached hydrogens (primary N) is 1. The quantitative estimate of drug-likeness (QED) is 0.156. The Bertz CT molecular complexity index is 2250. The fourth-order valence-electron chi connectivity index (χ4n) is 7.39. The SMILES string of the molecule is COc1cc2c(cc1OCCCOc1cc3c(cc1OC)C(=O)N1C=C(c4ccc(N)cc4)C[C@H]1C=N3)N=C[C@@H]1CC(/C=C/C3=CC(C)CC=C3)=CN1C2=O. The van der Waals surface area contributed by atoms with Crippen molar-refractivity contribution < 1.29 is 28.5 Å². The van der Waals surface area contributed by atoms with Crippen LogP contribution in [0.3, 0.4) is 0 Å². The first-order valence-corrected chi connectivity index (χ1v) is 18.5. The van der Waals surface area contributed by atoms with Gasteiger partial charge in [-0.15, -0.1) is 0 Å². The van der Waals surface area contributed by atoms with E-state index < -0.39 is 0 Å². The van der Waals surface area contributed by atoms with Crippen molar-refractivity contribution in [2.24, 2.45) is 15.9 Å². The Labute approximate surface area is 320 Å². The summed E-state index contributed by atoms with van der Waals surface area (Å²) in [6.45, 7) is 2.83. The van der Waals surface area contributed by atoms with Crippen molar-refractivity contribution in [3.8, 4) is 23.0 Å². The number of rotatable bonds is 11. The highest BCUT2D eigenvalue weighted by molar-refractivity contribution is 6.06. The van der Waals surface area contributed by atoms with Crippen LogP contribution in [0.5, 0.6) is 23.0 Å². The summed E-state index contributed by atoms with van der Waals surface area (Å²) in [4.78, 5) is 40.3. The van der Waals surface area contributed by atoms with Crippen LogP contribution < -0.4 is 24.7 Å². The molecule has 280 valence electrons. The van der Waals surface area contributed by atoms with Gasteiger partial charge in [0.25, 0.3) is 11.8 Å². The van der Waals surface area contributed by atoms with Crippen LogP contribution in [0.25, 0.3) is 5.57 Å². The molecular formula is C44H43N5O6. The van der Waals surface area contributed by atoms with Crippen molar-refractivity contribution in [3.63, 3.8) is 0 Å². The second kappa shape index (κ2) is 15.2. The number of carbonyl (C=O) groups is 2. The van der Waals surface area contributed by atoms with E-state index in [9.17, 15) is 9.59 Å². The van der Waals surface area contributed by atoms with Crippen molar-refractivity contribution in [2.45, 2.75) is 44.7 Å². The number of benzene rings is 3. The number of nitrogens with zero attached hydrogens (tertiary/aromatic N) is 4. The monoisotopic (exact) mass is 737 g/mol. The van der Waals surface area contributed by atoms with E-state index in [1.165, 1.54) is 5.57 Å². The molecule has 1 unspecified atom stereocenters. The molecule has 0 saturated carbocycles. The lowest BCUT2D eigenvalue weighted by Crippen LogP contribution is -2.32. The van der Waals surface area contributed by atoms with Gasteiger partial charge in [-0.05, 0) is 65.3 Å². The fraction of sp³-hybridized carbons (Fsp3) is 0.273. The van der Waals surface area contributed by atoms with E-state index in [0.717, 1.165) is 23.1 Å². The van der Waals surface area contributed by atoms with Crippen molar-refractivity contribution >= 4 is 46.9 Å². The van der Waals surface area contributed by atoms with Gasteiger partial charge in [0.1, 0.15) is 0 Å². The maximum absolute atomic E-state index is 13.7. The molecule has 11 heteroatoms. The minimum atomic E-state index is -0.200. The molecule has 0 saturated heterocycles. The normalized spacial score (nSPS) is 20.9.